The molecule has 0 bridgehead atoms. The smallest absolute Gasteiger partial charge is 0.0911 e. The Morgan fingerprint density at radius 2 is 1.31 bits per heavy atom. The van der Waals surface area contributed by atoms with Crippen molar-refractivity contribution in [2.45, 2.75) is 26.7 Å². The van der Waals surface area contributed by atoms with E-state index in [0.717, 1.165) is 15.9 Å². The van der Waals surface area contributed by atoms with E-state index < -0.39 is 0 Å². The Morgan fingerprint density at radius 1 is 0.743 bits per heavy atom. The Bertz CT molecular complexity index is 1260. The van der Waals surface area contributed by atoms with E-state index in [1.54, 1.807) is 0 Å². The van der Waals surface area contributed by atoms with Crippen molar-refractivity contribution in [2.75, 3.05) is 59.3 Å². The lowest BCUT2D eigenvalue weighted by atomic mass is 9.88. The van der Waals surface area contributed by atoms with Crippen molar-refractivity contribution in [3.05, 3.63) is 72.3 Å². The summed E-state index contributed by atoms with van der Waals surface area (Å²) >= 11 is 0. The predicted octanol–water partition coefficient (Wildman–Crippen LogP) is 6.56. The average Bonchev–Trinajstić information content (AvgIpc) is 2.83. The molecule has 0 atom stereocenters. The Kier molecular flexibility index (Phi) is 8.76. The predicted molar refractivity (Wildman–Crippen MR) is 156 cm³/mol. The highest BCUT2D eigenvalue weighted by Gasteiger charge is 2.14. The molecular weight excluding hydrogens is 428 g/mol. The number of unbranched alkanes of at least 4 members (excludes halogenated alkanes) is 1. The van der Waals surface area contributed by atoms with Gasteiger partial charge in [-0.2, -0.15) is 0 Å². The molecule has 0 aliphatic carbocycles. The summed E-state index contributed by atoms with van der Waals surface area (Å²) in [4.78, 5) is 2.26. The van der Waals surface area contributed by atoms with Crippen LogP contribution in [0.2, 0.25) is 0 Å². The van der Waals surface area contributed by atoms with Crippen LogP contribution in [0, 0.1) is 6.92 Å². The molecule has 0 saturated carbocycles. The fourth-order valence-electron chi connectivity index (χ4n) is 4.59. The number of nitrogen functional groups attached to an aromatic ring is 2. The second kappa shape index (κ2) is 11.6. The Labute approximate surface area is 211 Å². The van der Waals surface area contributed by atoms with E-state index in [9.17, 15) is 0 Å². The van der Waals surface area contributed by atoms with Crippen LogP contribution in [-0.2, 0) is 0 Å². The highest BCUT2D eigenvalue weighted by molar-refractivity contribution is 6.16. The first-order valence-electron chi connectivity index (χ1n) is 12.7. The highest BCUT2D eigenvalue weighted by Crippen LogP contribution is 2.39. The van der Waals surface area contributed by atoms with Gasteiger partial charge in [0.05, 0.1) is 27.2 Å². The van der Waals surface area contributed by atoms with Gasteiger partial charge in [-0.1, -0.05) is 55.8 Å². The number of likely N-dealkylation sites (N-methyl/N-ethyl adjacent to an activating group) is 2. The Balaban J connectivity index is 0.000000245. The number of quaternary nitrogens is 1. The summed E-state index contributed by atoms with van der Waals surface area (Å²) in [6, 6.07) is 22.7. The van der Waals surface area contributed by atoms with E-state index in [0.29, 0.717) is 0 Å². The zero-order valence-corrected chi connectivity index (χ0v) is 22.4. The van der Waals surface area contributed by atoms with Crippen LogP contribution in [0.3, 0.4) is 0 Å². The average molecular weight is 472 g/mol. The quantitative estimate of drug-likeness (QED) is 0.182. The molecule has 0 fully saturated rings. The van der Waals surface area contributed by atoms with E-state index in [1.165, 1.54) is 70.7 Å². The molecule has 4 N–H and O–H groups in total. The van der Waals surface area contributed by atoms with Crippen molar-refractivity contribution < 1.29 is 4.48 Å². The number of anilines is 2. The van der Waals surface area contributed by atoms with Crippen molar-refractivity contribution in [1.82, 2.24) is 4.90 Å². The molecule has 0 saturated heterocycles. The Morgan fingerprint density at radius 3 is 1.89 bits per heavy atom. The van der Waals surface area contributed by atoms with E-state index in [2.05, 4.69) is 95.5 Å². The minimum atomic E-state index is 0.781. The topological polar surface area (TPSA) is 55.3 Å². The van der Waals surface area contributed by atoms with Gasteiger partial charge in [0.2, 0.25) is 0 Å². The summed E-state index contributed by atoms with van der Waals surface area (Å²) in [6.07, 6.45) is 2.66. The van der Waals surface area contributed by atoms with Crippen LogP contribution >= 0.6 is 0 Å². The third-order valence-electron chi connectivity index (χ3n) is 6.76. The maximum absolute atomic E-state index is 6.07. The van der Waals surface area contributed by atoms with Gasteiger partial charge in [0.25, 0.3) is 0 Å². The third kappa shape index (κ3) is 6.74. The van der Waals surface area contributed by atoms with Gasteiger partial charge in [-0.25, -0.2) is 0 Å². The molecular formula is C31H43N4+. The second-order valence-corrected chi connectivity index (χ2v) is 10.5. The molecule has 4 heteroatoms. The van der Waals surface area contributed by atoms with E-state index in [-0.39, 0.29) is 0 Å². The largest absolute Gasteiger partial charge is 0.399 e. The van der Waals surface area contributed by atoms with Crippen LogP contribution in [0.25, 0.3) is 32.7 Å². The maximum atomic E-state index is 6.07. The lowest BCUT2D eigenvalue weighted by molar-refractivity contribution is -0.890. The van der Waals surface area contributed by atoms with E-state index >= 15 is 0 Å². The van der Waals surface area contributed by atoms with Gasteiger partial charge in [0.1, 0.15) is 0 Å². The minimum Gasteiger partial charge on any atom is -0.399 e. The lowest BCUT2D eigenvalue weighted by Gasteiger charge is -2.30. The molecule has 0 spiro atoms. The number of hydrogen-bond acceptors (Lipinski definition) is 3. The van der Waals surface area contributed by atoms with E-state index in [4.69, 9.17) is 11.5 Å². The number of nitrogens with two attached hydrogens (primary N) is 2. The molecule has 4 rings (SSSR count). The normalized spacial score (nSPS) is 11.6. The molecule has 35 heavy (non-hydrogen) atoms. The fraction of sp³-hybridized carbons (Fsp3) is 0.355. The summed E-state index contributed by atoms with van der Waals surface area (Å²) in [5.41, 5.74) is 17.3. The third-order valence-corrected chi connectivity index (χ3v) is 6.76. The number of nitrogens with zero attached hydrogens (tertiary/aromatic N) is 2. The molecule has 4 nitrogen and oxygen atoms in total. The van der Waals surface area contributed by atoms with Crippen LogP contribution < -0.4 is 11.5 Å². The highest BCUT2D eigenvalue weighted by atomic mass is 15.3. The first-order chi connectivity index (χ1) is 16.6. The van der Waals surface area contributed by atoms with Crippen molar-refractivity contribution in [3.63, 3.8) is 0 Å². The summed E-state index contributed by atoms with van der Waals surface area (Å²) in [5.74, 6) is 0. The number of rotatable bonds is 7. The standard InChI is InChI=1S/C21H18N2.C10H25N2/c1-13-19-11-15(22)7-9-17(19)18-10-8-16(23)12-20(18)21(13)14-5-3-2-4-6-14;1-6-7-9-12(4,5)10-8-11(2)3/h2-12H,22-23H2,1H3;6-10H2,1-5H3/q;+1. The molecule has 0 unspecified atom stereocenters. The van der Waals surface area contributed by atoms with Gasteiger partial charge in [-0.05, 0) is 89.9 Å². The zero-order chi connectivity index (χ0) is 25.6. The minimum absolute atomic E-state index is 0.781. The molecule has 0 aliphatic rings. The van der Waals surface area contributed by atoms with Crippen LogP contribution in [-0.4, -0.2) is 57.2 Å². The monoisotopic (exact) mass is 471 g/mol. The van der Waals surface area contributed by atoms with Crippen molar-refractivity contribution >= 4 is 32.9 Å². The number of hydrogen-bond donors (Lipinski definition) is 2. The molecule has 0 amide bonds. The van der Waals surface area contributed by atoms with Crippen molar-refractivity contribution in [1.29, 1.82) is 0 Å². The van der Waals surface area contributed by atoms with Crippen LogP contribution in [0.15, 0.2) is 66.7 Å². The summed E-state index contributed by atoms with van der Waals surface area (Å²) in [7, 11) is 8.91. The van der Waals surface area contributed by atoms with E-state index in [1.807, 2.05) is 18.2 Å². The van der Waals surface area contributed by atoms with Crippen LogP contribution in [0.1, 0.15) is 25.3 Å². The molecule has 0 aromatic heterocycles. The first-order valence-corrected chi connectivity index (χ1v) is 12.7. The number of benzene rings is 4. The summed E-state index contributed by atoms with van der Waals surface area (Å²) < 4.78 is 1.16. The molecule has 0 aliphatic heterocycles. The van der Waals surface area contributed by atoms with Crippen LogP contribution in [0.4, 0.5) is 11.4 Å². The van der Waals surface area contributed by atoms with Crippen molar-refractivity contribution in [2.24, 2.45) is 0 Å². The maximum Gasteiger partial charge on any atom is 0.0911 e. The van der Waals surface area contributed by atoms with Crippen molar-refractivity contribution in [3.8, 4) is 11.1 Å². The summed E-state index contributed by atoms with van der Waals surface area (Å²) in [6.45, 7) is 8.17. The van der Waals surface area contributed by atoms with Crippen LogP contribution in [0.5, 0.6) is 0 Å². The SMILES string of the molecule is CCCC[N+](C)(C)CCN(C)C.Cc1c(-c2ccccc2)c2cc(N)ccc2c2ccc(N)cc12. The lowest BCUT2D eigenvalue weighted by Crippen LogP contribution is -2.44. The molecule has 186 valence electrons. The van der Waals surface area contributed by atoms with Gasteiger partial charge in [0, 0.05) is 17.9 Å². The van der Waals surface area contributed by atoms with Gasteiger partial charge >= 0.3 is 0 Å². The molecule has 4 aromatic carbocycles. The van der Waals surface area contributed by atoms with Gasteiger partial charge < -0.3 is 20.9 Å². The first kappa shape index (κ1) is 26.5. The fourth-order valence-corrected chi connectivity index (χ4v) is 4.59. The Hall–Kier alpha value is -3.08. The molecule has 0 radical (unpaired) electrons. The summed E-state index contributed by atoms with van der Waals surface area (Å²) in [5, 5.41) is 4.80. The van der Waals surface area contributed by atoms with Gasteiger partial charge in [-0.3, -0.25) is 0 Å². The number of aryl methyl sites for hydroxylation is 1. The zero-order valence-electron chi connectivity index (χ0n) is 22.4. The van der Waals surface area contributed by atoms with Gasteiger partial charge in [-0.15, -0.1) is 0 Å². The van der Waals surface area contributed by atoms with Gasteiger partial charge in [0.15, 0.2) is 0 Å². The number of fused-ring (bicyclic) bond motifs is 3. The second-order valence-electron chi connectivity index (χ2n) is 10.5. The molecule has 0 heterocycles. The molecule has 4 aromatic rings.